The van der Waals surface area contributed by atoms with Crippen molar-refractivity contribution in [3.05, 3.63) is 84.6 Å². The second-order valence-electron chi connectivity index (χ2n) is 7.14. The first kappa shape index (κ1) is 19.1. The number of hydrogen-bond acceptors (Lipinski definition) is 5. The molecule has 7 nitrogen and oxygen atoms in total. The van der Waals surface area contributed by atoms with Crippen molar-refractivity contribution in [2.24, 2.45) is 0 Å². The van der Waals surface area contributed by atoms with Gasteiger partial charge in [0.15, 0.2) is 5.76 Å². The van der Waals surface area contributed by atoms with Crippen molar-refractivity contribution >= 4 is 26.7 Å². The molecule has 0 saturated carbocycles. The number of aromatic nitrogens is 3. The van der Waals surface area contributed by atoms with Gasteiger partial charge in [0, 0.05) is 22.9 Å². The largest absolute Gasteiger partial charge is 0.356 e. The van der Waals surface area contributed by atoms with Gasteiger partial charge in [-0.1, -0.05) is 17.3 Å². The van der Waals surface area contributed by atoms with E-state index < -0.39 is 10.0 Å². The van der Waals surface area contributed by atoms with E-state index in [-0.39, 0.29) is 4.90 Å². The summed E-state index contributed by atoms with van der Waals surface area (Å²) >= 11 is 0. The predicted octanol–water partition coefficient (Wildman–Crippen LogP) is 4.99. The van der Waals surface area contributed by atoms with E-state index in [0.29, 0.717) is 11.4 Å². The predicted molar refractivity (Wildman–Crippen MR) is 119 cm³/mol. The van der Waals surface area contributed by atoms with Crippen molar-refractivity contribution < 1.29 is 12.9 Å². The van der Waals surface area contributed by atoms with Crippen molar-refractivity contribution in [2.75, 3.05) is 4.72 Å². The Morgan fingerprint density at radius 2 is 1.61 bits per heavy atom. The van der Waals surface area contributed by atoms with E-state index in [1.54, 1.807) is 30.3 Å². The fourth-order valence-corrected chi connectivity index (χ4v) is 4.36. The second-order valence-corrected chi connectivity index (χ2v) is 8.82. The molecule has 0 bridgehead atoms. The minimum Gasteiger partial charge on any atom is -0.356 e. The van der Waals surface area contributed by atoms with Gasteiger partial charge in [0.2, 0.25) is 0 Å². The van der Waals surface area contributed by atoms with Gasteiger partial charge in [-0.25, -0.2) is 13.4 Å². The van der Waals surface area contributed by atoms with Crippen LogP contribution in [0.25, 0.3) is 33.7 Å². The van der Waals surface area contributed by atoms with Crippen LogP contribution in [0.4, 0.5) is 5.69 Å². The van der Waals surface area contributed by atoms with Gasteiger partial charge in [-0.15, -0.1) is 0 Å². The summed E-state index contributed by atoms with van der Waals surface area (Å²) in [6, 6.07) is 23.1. The van der Waals surface area contributed by atoms with Crippen LogP contribution < -0.4 is 4.72 Å². The number of nitrogens with one attached hydrogen (secondary N) is 2. The highest BCUT2D eigenvalue weighted by Gasteiger charge is 2.15. The molecule has 154 valence electrons. The molecule has 0 spiro atoms. The summed E-state index contributed by atoms with van der Waals surface area (Å²) in [6.45, 7) is 1.83. The highest BCUT2D eigenvalue weighted by atomic mass is 32.2. The number of sulfonamides is 1. The summed E-state index contributed by atoms with van der Waals surface area (Å²) in [7, 11) is -3.72. The van der Waals surface area contributed by atoms with Crippen LogP contribution in [0.5, 0.6) is 0 Å². The van der Waals surface area contributed by atoms with Crippen molar-refractivity contribution in [2.45, 2.75) is 11.8 Å². The summed E-state index contributed by atoms with van der Waals surface area (Å²) in [5.41, 5.74) is 4.69. The lowest BCUT2D eigenvalue weighted by atomic mass is 10.2. The number of benzene rings is 3. The molecule has 2 heterocycles. The number of para-hydroxylation sites is 2. The molecule has 0 amide bonds. The van der Waals surface area contributed by atoms with E-state index in [1.165, 1.54) is 12.1 Å². The third kappa shape index (κ3) is 3.80. The Balaban J connectivity index is 1.35. The lowest BCUT2D eigenvalue weighted by Gasteiger charge is -2.09. The molecule has 0 radical (unpaired) electrons. The molecule has 0 unspecified atom stereocenters. The first-order valence-corrected chi connectivity index (χ1v) is 11.1. The number of hydrogen-bond donors (Lipinski definition) is 2. The van der Waals surface area contributed by atoms with Crippen LogP contribution in [0.15, 0.2) is 88.3 Å². The fraction of sp³-hybridized carbons (Fsp3) is 0.0435. The molecule has 5 aromatic rings. The van der Waals surface area contributed by atoms with E-state index in [1.807, 2.05) is 43.3 Å². The highest BCUT2D eigenvalue weighted by molar-refractivity contribution is 7.92. The van der Waals surface area contributed by atoms with Gasteiger partial charge in [-0.3, -0.25) is 4.72 Å². The maximum atomic E-state index is 12.8. The van der Waals surface area contributed by atoms with Crippen molar-refractivity contribution in [1.29, 1.82) is 0 Å². The first-order valence-electron chi connectivity index (χ1n) is 9.60. The topological polar surface area (TPSA) is 101 Å². The van der Waals surface area contributed by atoms with Crippen LogP contribution in [0, 0.1) is 6.92 Å². The molecule has 31 heavy (non-hydrogen) atoms. The average Bonchev–Trinajstić information content (AvgIpc) is 3.40. The van der Waals surface area contributed by atoms with Crippen LogP contribution in [0.1, 0.15) is 5.69 Å². The number of nitrogens with zero attached hydrogens (tertiary/aromatic N) is 2. The number of anilines is 1. The average molecular weight is 430 g/mol. The third-order valence-electron chi connectivity index (χ3n) is 4.88. The smallest absolute Gasteiger partial charge is 0.261 e. The molecule has 0 aliphatic heterocycles. The molecule has 5 rings (SSSR count). The number of imidazole rings is 1. The molecule has 0 fully saturated rings. The van der Waals surface area contributed by atoms with Gasteiger partial charge in [0.05, 0.1) is 21.6 Å². The zero-order valence-corrected chi connectivity index (χ0v) is 17.3. The van der Waals surface area contributed by atoms with E-state index in [2.05, 4.69) is 19.8 Å². The first-order chi connectivity index (χ1) is 15.0. The molecule has 2 N–H and O–H groups in total. The number of H-pyrrole nitrogens is 1. The van der Waals surface area contributed by atoms with Crippen LogP contribution in [0.3, 0.4) is 0 Å². The van der Waals surface area contributed by atoms with E-state index in [4.69, 9.17) is 4.52 Å². The molecule has 2 aromatic heterocycles. The van der Waals surface area contributed by atoms with Crippen molar-refractivity contribution in [1.82, 2.24) is 15.1 Å². The highest BCUT2D eigenvalue weighted by Crippen LogP contribution is 2.25. The Morgan fingerprint density at radius 3 is 2.29 bits per heavy atom. The van der Waals surface area contributed by atoms with E-state index >= 15 is 0 Å². The standard InChI is InChI=1S/C23H18N4O3S/c1-15-14-22(30-26-15)16-8-12-19(13-9-16)31(28,29)27-18-10-6-17(7-11-18)23-24-20-4-2-3-5-21(20)25-23/h2-14,27H,1H3,(H,24,25). The van der Waals surface area contributed by atoms with Crippen molar-refractivity contribution in [3.63, 3.8) is 0 Å². The SMILES string of the molecule is Cc1cc(-c2ccc(S(=O)(=O)Nc3ccc(-c4nc5ccccc5[nH]4)cc3)cc2)on1. The lowest BCUT2D eigenvalue weighted by Crippen LogP contribution is -2.12. The molecule has 3 aromatic carbocycles. The van der Waals surface area contributed by atoms with Crippen LogP contribution >= 0.6 is 0 Å². The quantitative estimate of drug-likeness (QED) is 0.409. The molecule has 0 atom stereocenters. The zero-order chi connectivity index (χ0) is 21.4. The lowest BCUT2D eigenvalue weighted by molar-refractivity contribution is 0.427. The Labute approximate surface area is 178 Å². The number of aromatic amines is 1. The summed E-state index contributed by atoms with van der Waals surface area (Å²) < 4.78 is 33.3. The van der Waals surface area contributed by atoms with Gasteiger partial charge in [-0.05, 0) is 67.6 Å². The summed E-state index contributed by atoms with van der Waals surface area (Å²) in [6.07, 6.45) is 0. The molecular weight excluding hydrogens is 412 g/mol. The minimum absolute atomic E-state index is 0.161. The third-order valence-corrected chi connectivity index (χ3v) is 6.27. The number of aryl methyl sites for hydroxylation is 1. The summed E-state index contributed by atoms with van der Waals surface area (Å²) in [5, 5.41) is 3.85. The molecular formula is C23H18N4O3S. The molecule has 8 heteroatoms. The van der Waals surface area contributed by atoms with E-state index in [9.17, 15) is 8.42 Å². The fourth-order valence-electron chi connectivity index (χ4n) is 3.30. The van der Waals surface area contributed by atoms with Gasteiger partial charge in [-0.2, -0.15) is 0 Å². The van der Waals surface area contributed by atoms with Gasteiger partial charge in [0.25, 0.3) is 10.0 Å². The number of rotatable bonds is 5. The monoisotopic (exact) mass is 430 g/mol. The zero-order valence-electron chi connectivity index (χ0n) is 16.5. The van der Waals surface area contributed by atoms with Gasteiger partial charge >= 0.3 is 0 Å². The van der Waals surface area contributed by atoms with E-state index in [0.717, 1.165) is 33.7 Å². The molecule has 0 aliphatic rings. The Hall–Kier alpha value is -3.91. The molecule has 0 aliphatic carbocycles. The Kier molecular flexibility index (Phi) is 4.56. The maximum Gasteiger partial charge on any atom is 0.261 e. The second kappa shape index (κ2) is 7.41. The van der Waals surface area contributed by atoms with Crippen LogP contribution in [-0.4, -0.2) is 23.5 Å². The summed E-state index contributed by atoms with van der Waals surface area (Å²) in [5.74, 6) is 1.32. The van der Waals surface area contributed by atoms with Crippen molar-refractivity contribution in [3.8, 4) is 22.7 Å². The van der Waals surface area contributed by atoms with Crippen LogP contribution in [0.2, 0.25) is 0 Å². The molecule has 0 saturated heterocycles. The van der Waals surface area contributed by atoms with Gasteiger partial charge < -0.3 is 9.51 Å². The minimum atomic E-state index is -3.72. The van der Waals surface area contributed by atoms with Crippen LogP contribution in [-0.2, 0) is 10.0 Å². The Bertz CT molecular complexity index is 1430. The Morgan fingerprint density at radius 1 is 0.903 bits per heavy atom. The maximum absolute atomic E-state index is 12.8. The summed E-state index contributed by atoms with van der Waals surface area (Å²) in [4.78, 5) is 7.99. The normalized spacial score (nSPS) is 11.6. The van der Waals surface area contributed by atoms with Gasteiger partial charge in [0.1, 0.15) is 5.82 Å². The number of fused-ring (bicyclic) bond motifs is 1.